The number of piperidine rings is 1. The molecule has 1 saturated heterocycles. The number of likely N-dealkylation sites (tertiary alicyclic amines) is 1. The Morgan fingerprint density at radius 1 is 1.14 bits per heavy atom. The van der Waals surface area contributed by atoms with Gasteiger partial charge in [0.2, 0.25) is 5.89 Å². The molecule has 1 aromatic heterocycles. The maximum atomic E-state index is 5.73. The van der Waals surface area contributed by atoms with Crippen LogP contribution >= 0.6 is 24.0 Å². The molecule has 6 nitrogen and oxygen atoms in total. The van der Waals surface area contributed by atoms with Crippen LogP contribution in [-0.2, 0) is 6.54 Å². The largest absolute Gasteiger partial charge is 0.444 e. The lowest BCUT2D eigenvalue weighted by molar-refractivity contribution is 0.166. The minimum absolute atomic E-state index is 0. The zero-order valence-electron chi connectivity index (χ0n) is 17.8. The second kappa shape index (κ2) is 12.0. The molecular weight excluding hydrogens is 465 g/mol. The van der Waals surface area contributed by atoms with Gasteiger partial charge >= 0.3 is 0 Å². The van der Waals surface area contributed by atoms with Gasteiger partial charge in [0, 0.05) is 19.1 Å². The first-order chi connectivity index (χ1) is 13.1. The van der Waals surface area contributed by atoms with Crippen molar-refractivity contribution in [3.05, 3.63) is 17.3 Å². The first-order valence-electron chi connectivity index (χ1n) is 10.8. The molecule has 2 aliphatic rings. The van der Waals surface area contributed by atoms with Crippen LogP contribution < -0.4 is 10.6 Å². The summed E-state index contributed by atoms with van der Waals surface area (Å²) in [5.41, 5.74) is 1.01. The van der Waals surface area contributed by atoms with E-state index in [1.54, 1.807) is 0 Å². The van der Waals surface area contributed by atoms with Crippen LogP contribution in [0.2, 0.25) is 0 Å². The van der Waals surface area contributed by atoms with E-state index < -0.39 is 0 Å². The smallest absolute Gasteiger partial charge is 0.208 e. The third kappa shape index (κ3) is 7.21. The molecule has 0 unspecified atom stereocenters. The zero-order valence-corrected chi connectivity index (χ0v) is 20.1. The number of aryl methyl sites for hydroxylation is 2. The minimum Gasteiger partial charge on any atom is -0.444 e. The Balaban J connectivity index is 0.00000280. The van der Waals surface area contributed by atoms with E-state index >= 15 is 0 Å². The fourth-order valence-electron chi connectivity index (χ4n) is 4.11. The van der Waals surface area contributed by atoms with Crippen LogP contribution in [0, 0.1) is 19.8 Å². The molecule has 7 heteroatoms. The van der Waals surface area contributed by atoms with Crippen LogP contribution in [0.3, 0.4) is 0 Å². The monoisotopic (exact) mass is 503 g/mol. The van der Waals surface area contributed by atoms with Crippen molar-refractivity contribution in [2.75, 3.05) is 26.2 Å². The van der Waals surface area contributed by atoms with Gasteiger partial charge in [-0.25, -0.2) is 4.98 Å². The maximum Gasteiger partial charge on any atom is 0.208 e. The molecule has 2 heterocycles. The molecule has 1 aliphatic carbocycles. The minimum atomic E-state index is 0. The molecule has 0 amide bonds. The topological polar surface area (TPSA) is 65.7 Å². The number of nitrogens with zero attached hydrogens (tertiary/aromatic N) is 3. The second-order valence-electron chi connectivity index (χ2n) is 8.17. The third-order valence-electron chi connectivity index (χ3n) is 5.94. The Morgan fingerprint density at radius 2 is 1.86 bits per heavy atom. The summed E-state index contributed by atoms with van der Waals surface area (Å²) in [6.07, 6.45) is 9.04. The Bertz CT molecular complexity index is 584. The molecule has 0 spiro atoms. The summed E-state index contributed by atoms with van der Waals surface area (Å²) in [5, 5.41) is 7.08. The van der Waals surface area contributed by atoms with Crippen LogP contribution in [0.25, 0.3) is 0 Å². The van der Waals surface area contributed by atoms with E-state index in [-0.39, 0.29) is 24.0 Å². The van der Waals surface area contributed by atoms with Crippen molar-refractivity contribution in [1.82, 2.24) is 20.5 Å². The Morgan fingerprint density at radius 3 is 2.46 bits per heavy atom. The molecule has 2 N–H and O–H groups in total. The number of aromatic nitrogens is 1. The van der Waals surface area contributed by atoms with E-state index in [1.165, 1.54) is 44.9 Å². The van der Waals surface area contributed by atoms with Gasteiger partial charge in [-0.15, -0.1) is 24.0 Å². The number of nitrogens with one attached hydrogen (secondary N) is 2. The molecule has 28 heavy (non-hydrogen) atoms. The van der Waals surface area contributed by atoms with E-state index in [0.29, 0.717) is 12.0 Å². The van der Waals surface area contributed by atoms with Crippen LogP contribution in [-0.4, -0.2) is 48.1 Å². The number of guanidine groups is 1. The lowest BCUT2D eigenvalue weighted by atomic mass is 9.95. The summed E-state index contributed by atoms with van der Waals surface area (Å²) in [4.78, 5) is 11.9. The van der Waals surface area contributed by atoms with Gasteiger partial charge in [-0.05, 0) is 65.5 Å². The van der Waals surface area contributed by atoms with E-state index in [2.05, 4.69) is 27.4 Å². The predicted octanol–water partition coefficient (Wildman–Crippen LogP) is 4.01. The summed E-state index contributed by atoms with van der Waals surface area (Å²) in [5.74, 6) is 3.48. The standard InChI is InChI=1S/C21H37N5O.HI/c1-4-22-21(25-19-8-6-5-7-9-19)23-14-18-10-12-26(13-11-18)15-20-24-16(2)17(3)27-20;/h18-19H,4-15H2,1-3H3,(H2,22,23,25);1H. The lowest BCUT2D eigenvalue weighted by Crippen LogP contribution is -2.44. The number of oxazole rings is 1. The van der Waals surface area contributed by atoms with Crippen molar-refractivity contribution in [2.24, 2.45) is 10.9 Å². The van der Waals surface area contributed by atoms with Gasteiger partial charge in [-0.2, -0.15) is 0 Å². The van der Waals surface area contributed by atoms with E-state index in [0.717, 1.165) is 56.0 Å². The molecule has 1 aromatic rings. The van der Waals surface area contributed by atoms with Crippen molar-refractivity contribution < 1.29 is 4.42 Å². The molecule has 2 fully saturated rings. The highest BCUT2D eigenvalue weighted by Gasteiger charge is 2.21. The molecule has 0 atom stereocenters. The van der Waals surface area contributed by atoms with E-state index in [4.69, 9.17) is 9.41 Å². The highest BCUT2D eigenvalue weighted by atomic mass is 127. The number of halogens is 1. The highest BCUT2D eigenvalue weighted by Crippen LogP contribution is 2.20. The molecule has 0 aromatic carbocycles. The second-order valence-corrected chi connectivity index (χ2v) is 8.17. The van der Waals surface area contributed by atoms with Gasteiger partial charge in [-0.1, -0.05) is 19.3 Å². The number of rotatable bonds is 6. The molecule has 3 rings (SSSR count). The predicted molar refractivity (Wildman–Crippen MR) is 125 cm³/mol. The Kier molecular flexibility index (Phi) is 10.0. The number of hydrogen-bond acceptors (Lipinski definition) is 4. The SMILES string of the molecule is CCNC(=NCC1CCN(Cc2nc(C)c(C)o2)CC1)NC1CCCCC1.I. The molecule has 0 radical (unpaired) electrons. The van der Waals surface area contributed by atoms with Gasteiger partial charge in [0.15, 0.2) is 5.96 Å². The fourth-order valence-corrected chi connectivity index (χ4v) is 4.11. The van der Waals surface area contributed by atoms with Gasteiger partial charge in [0.05, 0.1) is 12.2 Å². The molecule has 1 saturated carbocycles. The first kappa shape index (κ1) is 23.4. The van der Waals surface area contributed by atoms with Crippen LogP contribution in [0.15, 0.2) is 9.41 Å². The number of aliphatic imine (C=N–C) groups is 1. The Hall–Kier alpha value is -0.830. The summed E-state index contributed by atoms with van der Waals surface area (Å²) < 4.78 is 5.73. The zero-order chi connectivity index (χ0) is 19.1. The van der Waals surface area contributed by atoms with Gasteiger partial charge in [0.25, 0.3) is 0 Å². The van der Waals surface area contributed by atoms with E-state index in [1.807, 2.05) is 13.8 Å². The van der Waals surface area contributed by atoms with Crippen molar-refractivity contribution in [2.45, 2.75) is 78.3 Å². The van der Waals surface area contributed by atoms with Crippen molar-refractivity contribution in [3.8, 4) is 0 Å². The quantitative estimate of drug-likeness (QED) is 0.349. The fraction of sp³-hybridized carbons (Fsp3) is 0.810. The molecule has 1 aliphatic heterocycles. The van der Waals surface area contributed by atoms with Gasteiger partial charge < -0.3 is 15.1 Å². The van der Waals surface area contributed by atoms with Crippen molar-refractivity contribution in [1.29, 1.82) is 0 Å². The maximum absolute atomic E-state index is 5.73. The van der Waals surface area contributed by atoms with Crippen LogP contribution in [0.5, 0.6) is 0 Å². The van der Waals surface area contributed by atoms with Gasteiger partial charge in [-0.3, -0.25) is 9.89 Å². The summed E-state index contributed by atoms with van der Waals surface area (Å²) in [6.45, 7) is 11.0. The van der Waals surface area contributed by atoms with Crippen LogP contribution in [0.1, 0.15) is 69.2 Å². The summed E-state index contributed by atoms with van der Waals surface area (Å²) in [7, 11) is 0. The third-order valence-corrected chi connectivity index (χ3v) is 5.94. The number of hydrogen-bond donors (Lipinski definition) is 2. The average Bonchev–Trinajstić information content (AvgIpc) is 2.99. The van der Waals surface area contributed by atoms with Crippen LogP contribution in [0.4, 0.5) is 0 Å². The highest BCUT2D eigenvalue weighted by molar-refractivity contribution is 14.0. The Labute approximate surface area is 187 Å². The first-order valence-corrected chi connectivity index (χ1v) is 10.8. The lowest BCUT2D eigenvalue weighted by Gasteiger charge is -2.30. The molecule has 0 bridgehead atoms. The summed E-state index contributed by atoms with van der Waals surface area (Å²) in [6, 6.07) is 0.603. The average molecular weight is 503 g/mol. The van der Waals surface area contributed by atoms with Crippen molar-refractivity contribution >= 4 is 29.9 Å². The van der Waals surface area contributed by atoms with Gasteiger partial charge in [0.1, 0.15) is 5.76 Å². The normalized spacial score (nSPS) is 20.0. The molecule has 160 valence electrons. The molecular formula is C21H38IN5O. The van der Waals surface area contributed by atoms with E-state index in [9.17, 15) is 0 Å². The van der Waals surface area contributed by atoms with Crippen molar-refractivity contribution in [3.63, 3.8) is 0 Å². The summed E-state index contributed by atoms with van der Waals surface area (Å²) >= 11 is 0.